The van der Waals surface area contributed by atoms with Crippen LogP contribution in [-0.4, -0.2) is 73.6 Å². The molecular formula is C22H48N3. The van der Waals surface area contributed by atoms with Gasteiger partial charge in [0.2, 0.25) is 0 Å². The van der Waals surface area contributed by atoms with E-state index in [0.717, 1.165) is 0 Å². The first-order chi connectivity index (χ1) is 12.1. The summed E-state index contributed by atoms with van der Waals surface area (Å²) in [7, 11) is 0. The second-order valence-corrected chi connectivity index (χ2v) is 7.14. The first-order valence-electron chi connectivity index (χ1n) is 11.1. The number of rotatable bonds is 18. The van der Waals surface area contributed by atoms with Crippen LogP contribution >= 0.6 is 0 Å². The zero-order valence-electron chi connectivity index (χ0n) is 18.4. The van der Waals surface area contributed by atoms with Gasteiger partial charge in [-0.15, -0.1) is 0 Å². The van der Waals surface area contributed by atoms with Crippen LogP contribution in [0.4, 0.5) is 0 Å². The molecule has 0 spiro atoms. The van der Waals surface area contributed by atoms with E-state index in [1.165, 1.54) is 97.4 Å². The van der Waals surface area contributed by atoms with Crippen molar-refractivity contribution in [1.82, 2.24) is 14.7 Å². The van der Waals surface area contributed by atoms with E-state index in [1.807, 2.05) is 5.92 Å². The van der Waals surface area contributed by atoms with Gasteiger partial charge in [-0.1, -0.05) is 41.5 Å². The second kappa shape index (κ2) is 17.3. The molecule has 0 aliphatic rings. The van der Waals surface area contributed by atoms with Gasteiger partial charge in [0.25, 0.3) is 0 Å². The molecule has 0 atom stereocenters. The topological polar surface area (TPSA) is 9.72 Å². The van der Waals surface area contributed by atoms with Gasteiger partial charge in [-0.25, -0.2) is 0 Å². The summed E-state index contributed by atoms with van der Waals surface area (Å²) >= 11 is 0. The molecule has 0 amide bonds. The molecule has 0 saturated heterocycles. The Morgan fingerprint density at radius 2 is 0.680 bits per heavy atom. The first kappa shape index (κ1) is 24.9. The van der Waals surface area contributed by atoms with E-state index in [1.54, 1.807) is 0 Å². The van der Waals surface area contributed by atoms with Crippen molar-refractivity contribution in [3.8, 4) is 0 Å². The molecule has 0 aromatic heterocycles. The molecule has 25 heavy (non-hydrogen) atoms. The molecule has 3 heteroatoms. The van der Waals surface area contributed by atoms with E-state index in [0.29, 0.717) is 0 Å². The van der Waals surface area contributed by atoms with Crippen LogP contribution in [0.3, 0.4) is 0 Å². The minimum Gasteiger partial charge on any atom is -0.304 e. The molecule has 151 valence electrons. The Bertz CT molecular complexity index is 215. The monoisotopic (exact) mass is 354 g/mol. The summed E-state index contributed by atoms with van der Waals surface area (Å²) in [5, 5.41) is 0. The van der Waals surface area contributed by atoms with E-state index in [9.17, 15) is 0 Å². The largest absolute Gasteiger partial charge is 0.304 e. The molecule has 0 saturated carbocycles. The van der Waals surface area contributed by atoms with Crippen molar-refractivity contribution in [2.24, 2.45) is 0 Å². The van der Waals surface area contributed by atoms with Gasteiger partial charge >= 0.3 is 0 Å². The third-order valence-corrected chi connectivity index (χ3v) is 5.70. The highest BCUT2D eigenvalue weighted by Crippen LogP contribution is 2.23. The molecule has 0 rings (SSSR count). The molecular weight excluding hydrogens is 306 g/mol. The summed E-state index contributed by atoms with van der Waals surface area (Å²) < 4.78 is 0. The normalized spacial score (nSPS) is 12.2. The van der Waals surface area contributed by atoms with Gasteiger partial charge in [-0.05, 0) is 103 Å². The van der Waals surface area contributed by atoms with Gasteiger partial charge in [-0.2, -0.15) is 0 Å². The average Bonchev–Trinajstić information content (AvgIpc) is 2.65. The van der Waals surface area contributed by atoms with Crippen molar-refractivity contribution in [2.75, 3.05) is 58.9 Å². The van der Waals surface area contributed by atoms with Crippen LogP contribution < -0.4 is 0 Å². The summed E-state index contributed by atoms with van der Waals surface area (Å²) in [6.07, 6.45) is 8.04. The van der Waals surface area contributed by atoms with E-state index in [2.05, 4.69) is 56.2 Å². The fraction of sp³-hybridized carbons (Fsp3) is 0.955. The fourth-order valence-corrected chi connectivity index (χ4v) is 3.65. The molecule has 0 fully saturated rings. The summed E-state index contributed by atoms with van der Waals surface area (Å²) in [5.74, 6) is 1.83. The van der Waals surface area contributed by atoms with Crippen molar-refractivity contribution >= 4 is 0 Å². The lowest BCUT2D eigenvalue weighted by molar-refractivity contribution is 0.282. The quantitative estimate of drug-likeness (QED) is 0.346. The van der Waals surface area contributed by atoms with Crippen LogP contribution in [0.25, 0.3) is 0 Å². The van der Waals surface area contributed by atoms with E-state index in [4.69, 9.17) is 0 Å². The molecule has 1 radical (unpaired) electrons. The Balaban J connectivity index is 4.24. The van der Waals surface area contributed by atoms with E-state index < -0.39 is 0 Å². The highest BCUT2D eigenvalue weighted by atomic mass is 15.1. The lowest BCUT2D eigenvalue weighted by atomic mass is 9.92. The standard InChI is InChI=1S/C22H48N3/c1-7-23(8-2)19-13-16-22(17-14-20-24(9-3)10-4)18-15-21-25(11-5)12-6/h7-21H2,1-6H3. The van der Waals surface area contributed by atoms with Crippen molar-refractivity contribution in [3.63, 3.8) is 0 Å². The molecule has 3 nitrogen and oxygen atoms in total. The van der Waals surface area contributed by atoms with Gasteiger partial charge in [0.15, 0.2) is 0 Å². The third kappa shape index (κ3) is 12.8. The summed E-state index contributed by atoms with van der Waals surface area (Å²) in [6, 6.07) is 0. The predicted molar refractivity (Wildman–Crippen MR) is 114 cm³/mol. The summed E-state index contributed by atoms with van der Waals surface area (Å²) in [4.78, 5) is 7.68. The van der Waals surface area contributed by atoms with Crippen LogP contribution in [-0.2, 0) is 0 Å². The van der Waals surface area contributed by atoms with Crippen LogP contribution in [0.1, 0.15) is 80.1 Å². The zero-order valence-corrected chi connectivity index (χ0v) is 18.4. The first-order valence-corrected chi connectivity index (χ1v) is 11.1. The third-order valence-electron chi connectivity index (χ3n) is 5.70. The minimum absolute atomic E-state index is 1.19. The number of hydrogen-bond donors (Lipinski definition) is 0. The molecule has 0 aromatic carbocycles. The van der Waals surface area contributed by atoms with Crippen LogP contribution in [0.5, 0.6) is 0 Å². The maximum atomic E-state index is 2.56. The Labute approximate surface area is 160 Å². The highest BCUT2D eigenvalue weighted by molar-refractivity contribution is 4.90. The Morgan fingerprint density at radius 1 is 0.440 bits per heavy atom. The maximum Gasteiger partial charge on any atom is -0.00188 e. The van der Waals surface area contributed by atoms with Gasteiger partial charge < -0.3 is 14.7 Å². The van der Waals surface area contributed by atoms with Crippen molar-refractivity contribution in [1.29, 1.82) is 0 Å². The molecule has 0 bridgehead atoms. The molecule has 0 aromatic rings. The SMILES string of the molecule is CCN(CC)CCC[C](CCCN(CC)CC)CCCN(CC)CC. The smallest absolute Gasteiger partial charge is 0.00188 e. The van der Waals surface area contributed by atoms with Crippen molar-refractivity contribution < 1.29 is 0 Å². The van der Waals surface area contributed by atoms with Gasteiger partial charge in [0, 0.05) is 0 Å². The Morgan fingerprint density at radius 3 is 0.880 bits per heavy atom. The molecule has 0 aliphatic carbocycles. The lowest BCUT2D eigenvalue weighted by Crippen LogP contribution is -2.26. The Kier molecular flexibility index (Phi) is 17.2. The maximum absolute atomic E-state index is 2.56. The molecule has 0 aliphatic heterocycles. The lowest BCUT2D eigenvalue weighted by Gasteiger charge is -2.24. The number of nitrogens with zero attached hydrogens (tertiary/aromatic N) is 3. The molecule has 0 unspecified atom stereocenters. The van der Waals surface area contributed by atoms with Crippen LogP contribution in [0.15, 0.2) is 0 Å². The van der Waals surface area contributed by atoms with E-state index >= 15 is 0 Å². The van der Waals surface area contributed by atoms with Gasteiger partial charge in [0.05, 0.1) is 0 Å². The Hall–Kier alpha value is -0.120. The second-order valence-electron chi connectivity index (χ2n) is 7.14. The van der Waals surface area contributed by atoms with Crippen LogP contribution in [0.2, 0.25) is 0 Å². The van der Waals surface area contributed by atoms with E-state index in [-0.39, 0.29) is 0 Å². The predicted octanol–water partition coefficient (Wildman–Crippen LogP) is 4.93. The average molecular weight is 355 g/mol. The fourth-order valence-electron chi connectivity index (χ4n) is 3.65. The molecule has 0 N–H and O–H groups in total. The summed E-state index contributed by atoms with van der Waals surface area (Å²) in [5.41, 5.74) is 0. The summed E-state index contributed by atoms with van der Waals surface area (Å²) in [6.45, 7) is 24.6. The minimum atomic E-state index is 1.19. The number of hydrogen-bond acceptors (Lipinski definition) is 3. The van der Waals surface area contributed by atoms with Crippen molar-refractivity contribution in [2.45, 2.75) is 80.1 Å². The highest BCUT2D eigenvalue weighted by Gasteiger charge is 2.12. The van der Waals surface area contributed by atoms with Crippen LogP contribution in [0, 0.1) is 5.92 Å². The zero-order chi connectivity index (χ0) is 18.9. The van der Waals surface area contributed by atoms with Crippen molar-refractivity contribution in [3.05, 3.63) is 5.92 Å². The van der Waals surface area contributed by atoms with Gasteiger partial charge in [-0.3, -0.25) is 0 Å². The molecule has 0 heterocycles. The van der Waals surface area contributed by atoms with Gasteiger partial charge in [0.1, 0.15) is 0 Å².